The molecule has 8 heteroatoms. The first-order valence-corrected chi connectivity index (χ1v) is 11.4. The third-order valence-corrected chi connectivity index (χ3v) is 7.77. The lowest BCUT2D eigenvalue weighted by Crippen LogP contribution is -2.48. The van der Waals surface area contributed by atoms with Crippen LogP contribution >= 0.6 is 0 Å². The maximum Gasteiger partial charge on any atom is 0.417 e. The highest BCUT2D eigenvalue weighted by Gasteiger charge is 2.57. The van der Waals surface area contributed by atoms with Gasteiger partial charge in [0.2, 0.25) is 5.91 Å². The molecule has 31 heavy (non-hydrogen) atoms. The zero-order valence-electron chi connectivity index (χ0n) is 17.6. The maximum absolute atomic E-state index is 13.7. The van der Waals surface area contributed by atoms with E-state index in [-0.39, 0.29) is 18.6 Å². The van der Waals surface area contributed by atoms with Gasteiger partial charge < -0.3 is 14.4 Å². The normalized spacial score (nSPS) is 31.5. The Morgan fingerprint density at radius 2 is 2.03 bits per heavy atom. The van der Waals surface area contributed by atoms with Gasteiger partial charge >= 0.3 is 6.18 Å². The summed E-state index contributed by atoms with van der Waals surface area (Å²) in [5, 5.41) is 0. The van der Waals surface area contributed by atoms with E-state index in [2.05, 4.69) is 4.98 Å². The summed E-state index contributed by atoms with van der Waals surface area (Å²) in [6.07, 6.45) is 2.63. The Balaban J connectivity index is 1.31. The van der Waals surface area contributed by atoms with Crippen LogP contribution in [0.2, 0.25) is 0 Å². The van der Waals surface area contributed by atoms with Crippen LogP contribution in [-0.4, -0.2) is 48.3 Å². The lowest BCUT2D eigenvalue weighted by molar-refractivity contribution is -0.145. The average Bonchev–Trinajstić information content (AvgIpc) is 3.30. The molecule has 1 amide bonds. The Labute approximate surface area is 180 Å². The Hall–Kier alpha value is -1.67. The molecule has 3 aliphatic heterocycles. The first-order valence-electron chi connectivity index (χ1n) is 11.4. The molecule has 4 aliphatic rings. The number of carbonyl (C=O) groups is 1. The Morgan fingerprint density at radius 3 is 2.81 bits per heavy atom. The van der Waals surface area contributed by atoms with Crippen LogP contribution in [0, 0.1) is 17.3 Å². The Morgan fingerprint density at radius 1 is 1.23 bits per heavy atom. The Bertz CT molecular complexity index is 840. The zero-order chi connectivity index (χ0) is 21.6. The van der Waals surface area contributed by atoms with Crippen LogP contribution in [0.5, 0.6) is 0 Å². The van der Waals surface area contributed by atoms with E-state index in [0.717, 1.165) is 57.6 Å². The van der Waals surface area contributed by atoms with E-state index in [4.69, 9.17) is 9.47 Å². The van der Waals surface area contributed by atoms with Gasteiger partial charge in [0.15, 0.2) is 0 Å². The number of halogens is 3. The molecule has 1 aliphatic carbocycles. The standard InChI is InChI=1S/C23H29F3N2O3/c24-23(25,26)18-11-17-14-28(5-1-19(17)27-13-18)21(29)22-4-8-31-20(22)10-16(12-22)9-15-2-6-30-7-3-15/h11,13,15-16,20H,1-10,12,14H2/t16-,20-,22-/m1/s1. The van der Waals surface area contributed by atoms with Gasteiger partial charge in [-0.2, -0.15) is 13.2 Å². The first kappa shape index (κ1) is 21.2. The SMILES string of the molecule is O=C(N1CCc2ncc(C(F)(F)F)cc2C1)[C@@]12CCO[C@@H]1C[C@@H](CC1CCOCC1)C2. The molecule has 0 unspecified atom stereocenters. The second-order valence-corrected chi connectivity index (χ2v) is 9.67. The van der Waals surface area contributed by atoms with Gasteiger partial charge in [-0.25, -0.2) is 0 Å². The topological polar surface area (TPSA) is 51.7 Å². The summed E-state index contributed by atoms with van der Waals surface area (Å²) in [7, 11) is 0. The predicted octanol–water partition coefficient (Wildman–Crippen LogP) is 3.99. The minimum atomic E-state index is -4.43. The average molecular weight is 438 g/mol. The molecule has 0 spiro atoms. The molecule has 0 aromatic carbocycles. The van der Waals surface area contributed by atoms with E-state index < -0.39 is 17.2 Å². The van der Waals surface area contributed by atoms with Crippen molar-refractivity contribution in [3.05, 3.63) is 29.1 Å². The Kier molecular flexibility index (Phi) is 5.49. The van der Waals surface area contributed by atoms with Crippen molar-refractivity contribution in [1.29, 1.82) is 0 Å². The second-order valence-electron chi connectivity index (χ2n) is 9.67. The number of hydrogen-bond acceptors (Lipinski definition) is 4. The van der Waals surface area contributed by atoms with Crippen molar-refractivity contribution in [3.63, 3.8) is 0 Å². The van der Waals surface area contributed by atoms with Crippen molar-refractivity contribution in [1.82, 2.24) is 9.88 Å². The van der Waals surface area contributed by atoms with Crippen molar-refractivity contribution >= 4 is 5.91 Å². The zero-order valence-corrected chi connectivity index (χ0v) is 17.6. The largest absolute Gasteiger partial charge is 0.417 e. The van der Waals surface area contributed by atoms with E-state index in [1.165, 1.54) is 0 Å². The molecule has 5 nitrogen and oxygen atoms in total. The van der Waals surface area contributed by atoms with E-state index in [1.54, 1.807) is 4.90 Å². The van der Waals surface area contributed by atoms with E-state index in [1.807, 2.05) is 0 Å². The fourth-order valence-corrected chi connectivity index (χ4v) is 6.17. The fraction of sp³-hybridized carbons (Fsp3) is 0.739. The fourth-order valence-electron chi connectivity index (χ4n) is 6.17. The number of ether oxygens (including phenoxy) is 2. The monoisotopic (exact) mass is 438 g/mol. The molecule has 0 N–H and O–H groups in total. The summed E-state index contributed by atoms with van der Waals surface area (Å²) in [4.78, 5) is 19.5. The van der Waals surface area contributed by atoms with Crippen molar-refractivity contribution in [2.45, 2.75) is 63.8 Å². The molecule has 170 valence electrons. The molecule has 0 bridgehead atoms. The van der Waals surface area contributed by atoms with Crippen LogP contribution in [-0.2, 0) is 33.4 Å². The molecule has 2 saturated heterocycles. The number of rotatable bonds is 3. The quantitative estimate of drug-likeness (QED) is 0.716. The molecular formula is C23H29F3N2O3. The van der Waals surface area contributed by atoms with Crippen molar-refractivity contribution < 1.29 is 27.4 Å². The first-order chi connectivity index (χ1) is 14.8. The van der Waals surface area contributed by atoms with Crippen LogP contribution < -0.4 is 0 Å². The van der Waals surface area contributed by atoms with Crippen LogP contribution in [0.4, 0.5) is 13.2 Å². The summed E-state index contributed by atoms with van der Waals surface area (Å²) in [6.45, 7) is 2.93. The lowest BCUT2D eigenvalue weighted by Gasteiger charge is -2.36. The summed E-state index contributed by atoms with van der Waals surface area (Å²) >= 11 is 0. The van der Waals surface area contributed by atoms with Gasteiger partial charge in [-0.3, -0.25) is 9.78 Å². The summed E-state index contributed by atoms with van der Waals surface area (Å²) < 4.78 is 50.9. The van der Waals surface area contributed by atoms with E-state index >= 15 is 0 Å². The summed E-state index contributed by atoms with van der Waals surface area (Å²) in [5.74, 6) is 1.18. The minimum absolute atomic E-state index is 0.0625. The van der Waals surface area contributed by atoms with Gasteiger partial charge in [-0.1, -0.05) is 0 Å². The molecule has 1 aromatic heterocycles. The van der Waals surface area contributed by atoms with Gasteiger partial charge in [0, 0.05) is 51.2 Å². The van der Waals surface area contributed by atoms with Crippen molar-refractivity contribution in [3.8, 4) is 0 Å². The van der Waals surface area contributed by atoms with Gasteiger partial charge in [0.05, 0.1) is 17.1 Å². The summed E-state index contributed by atoms with van der Waals surface area (Å²) in [6, 6.07) is 1.16. The van der Waals surface area contributed by atoms with Crippen LogP contribution in [0.25, 0.3) is 0 Å². The maximum atomic E-state index is 13.7. The third kappa shape index (κ3) is 3.97. The second kappa shape index (κ2) is 8.03. The number of carbonyl (C=O) groups excluding carboxylic acids is 1. The third-order valence-electron chi connectivity index (χ3n) is 7.77. The number of alkyl halides is 3. The molecule has 0 radical (unpaired) electrons. The number of pyridine rings is 1. The number of nitrogens with zero attached hydrogens (tertiary/aromatic N) is 2. The molecule has 3 fully saturated rings. The number of aromatic nitrogens is 1. The van der Waals surface area contributed by atoms with E-state index in [9.17, 15) is 18.0 Å². The highest BCUT2D eigenvalue weighted by molar-refractivity contribution is 5.84. The van der Waals surface area contributed by atoms with E-state index in [0.29, 0.717) is 49.1 Å². The van der Waals surface area contributed by atoms with Gasteiger partial charge in [0.25, 0.3) is 0 Å². The minimum Gasteiger partial charge on any atom is -0.381 e. The smallest absolute Gasteiger partial charge is 0.381 e. The number of hydrogen-bond donors (Lipinski definition) is 0. The van der Waals surface area contributed by atoms with Gasteiger partial charge in [-0.15, -0.1) is 0 Å². The molecule has 3 atom stereocenters. The highest BCUT2D eigenvalue weighted by Crippen LogP contribution is 2.53. The summed E-state index contributed by atoms with van der Waals surface area (Å²) in [5.41, 5.74) is -0.0867. The molecular weight excluding hydrogens is 409 g/mol. The van der Waals surface area contributed by atoms with Gasteiger partial charge in [-0.05, 0) is 62.0 Å². The highest BCUT2D eigenvalue weighted by atomic mass is 19.4. The van der Waals surface area contributed by atoms with Crippen LogP contribution in [0.1, 0.15) is 55.3 Å². The molecule has 5 rings (SSSR count). The number of amides is 1. The van der Waals surface area contributed by atoms with Crippen molar-refractivity contribution in [2.75, 3.05) is 26.4 Å². The van der Waals surface area contributed by atoms with Crippen LogP contribution in [0.3, 0.4) is 0 Å². The van der Waals surface area contributed by atoms with Crippen LogP contribution in [0.15, 0.2) is 12.3 Å². The van der Waals surface area contributed by atoms with Crippen molar-refractivity contribution in [2.24, 2.45) is 17.3 Å². The lowest BCUT2D eigenvalue weighted by atomic mass is 9.78. The predicted molar refractivity (Wildman–Crippen MR) is 106 cm³/mol. The molecule has 1 saturated carbocycles. The van der Waals surface area contributed by atoms with Gasteiger partial charge in [0.1, 0.15) is 0 Å². The number of fused-ring (bicyclic) bond motifs is 2. The molecule has 1 aromatic rings. The molecule has 4 heterocycles.